The zero-order valence-corrected chi connectivity index (χ0v) is 16.9. The second-order valence-electron chi connectivity index (χ2n) is 7.06. The number of carbonyl (C=O) groups is 2. The monoisotopic (exact) mass is 408 g/mol. The Kier molecular flexibility index (Phi) is 5.90. The van der Waals surface area contributed by atoms with Crippen LogP contribution in [0.25, 0.3) is 11.1 Å². The maximum Gasteiger partial charge on any atom is 0.343 e. The highest BCUT2D eigenvalue weighted by Crippen LogP contribution is 2.25. The molecule has 31 heavy (non-hydrogen) atoms. The number of hydrogen-bond donors (Lipinski definition) is 0. The maximum atomic E-state index is 12.2. The minimum Gasteiger partial charge on any atom is -0.423 e. The Hall–Kier alpha value is -4.18. The number of esters is 2. The molecule has 0 aliphatic carbocycles. The van der Waals surface area contributed by atoms with Gasteiger partial charge in [0, 0.05) is 0 Å². The van der Waals surface area contributed by atoms with Crippen LogP contribution >= 0.6 is 0 Å². The lowest BCUT2D eigenvalue weighted by Crippen LogP contribution is -2.08. The lowest BCUT2D eigenvalue weighted by Gasteiger charge is -2.08. The van der Waals surface area contributed by atoms with Crippen LogP contribution in [0.2, 0.25) is 0 Å². The third-order valence-corrected chi connectivity index (χ3v) is 4.76. The largest absolute Gasteiger partial charge is 0.423 e. The first-order valence-corrected chi connectivity index (χ1v) is 9.85. The molecule has 0 aliphatic rings. The molecule has 4 aromatic carbocycles. The van der Waals surface area contributed by atoms with Gasteiger partial charge < -0.3 is 9.47 Å². The quantitative estimate of drug-likeness (QED) is 0.296. The van der Waals surface area contributed by atoms with E-state index in [1.165, 1.54) is 0 Å². The van der Waals surface area contributed by atoms with E-state index in [2.05, 4.69) is 0 Å². The number of carbonyl (C=O) groups excluding carboxylic acids is 2. The van der Waals surface area contributed by atoms with Crippen LogP contribution in [0.3, 0.4) is 0 Å². The van der Waals surface area contributed by atoms with Crippen molar-refractivity contribution in [1.82, 2.24) is 0 Å². The van der Waals surface area contributed by atoms with Gasteiger partial charge in [-0.1, -0.05) is 60.2 Å². The molecule has 0 N–H and O–H groups in total. The van der Waals surface area contributed by atoms with Crippen LogP contribution in [0.15, 0.2) is 103 Å². The molecule has 4 rings (SSSR count). The summed E-state index contributed by atoms with van der Waals surface area (Å²) in [5.41, 5.74) is 4.01. The van der Waals surface area contributed by atoms with Crippen LogP contribution in [0, 0.1) is 6.92 Å². The van der Waals surface area contributed by atoms with E-state index >= 15 is 0 Å². The zero-order chi connectivity index (χ0) is 21.6. The predicted octanol–water partition coefficient (Wildman–Crippen LogP) is 6.10. The van der Waals surface area contributed by atoms with Crippen LogP contribution in [-0.4, -0.2) is 11.9 Å². The van der Waals surface area contributed by atoms with Crippen molar-refractivity contribution < 1.29 is 19.1 Å². The first-order valence-electron chi connectivity index (χ1n) is 9.85. The van der Waals surface area contributed by atoms with Gasteiger partial charge in [-0.25, -0.2) is 9.59 Å². The summed E-state index contributed by atoms with van der Waals surface area (Å²) in [5.74, 6) is 0.161. The van der Waals surface area contributed by atoms with Gasteiger partial charge in [-0.05, 0) is 66.6 Å². The maximum absolute atomic E-state index is 12.2. The van der Waals surface area contributed by atoms with Crippen molar-refractivity contribution in [3.8, 4) is 22.6 Å². The minimum atomic E-state index is -0.395. The third-order valence-electron chi connectivity index (χ3n) is 4.76. The highest BCUT2D eigenvalue weighted by atomic mass is 16.5. The van der Waals surface area contributed by atoms with Crippen LogP contribution in [0.1, 0.15) is 26.3 Å². The average molecular weight is 408 g/mol. The molecule has 4 nitrogen and oxygen atoms in total. The molecule has 152 valence electrons. The predicted molar refractivity (Wildman–Crippen MR) is 119 cm³/mol. The number of ether oxygens (including phenoxy) is 2. The highest BCUT2D eigenvalue weighted by molar-refractivity contribution is 5.91. The Morgan fingerprint density at radius 2 is 0.935 bits per heavy atom. The second kappa shape index (κ2) is 9.09. The smallest absolute Gasteiger partial charge is 0.343 e. The molecule has 0 saturated heterocycles. The van der Waals surface area contributed by atoms with Gasteiger partial charge in [-0.2, -0.15) is 0 Å². The second-order valence-corrected chi connectivity index (χ2v) is 7.06. The molecular formula is C27H20O4. The first-order chi connectivity index (χ1) is 15.1. The van der Waals surface area contributed by atoms with Gasteiger partial charge in [0.25, 0.3) is 0 Å². The molecule has 4 heteroatoms. The summed E-state index contributed by atoms with van der Waals surface area (Å²) in [6, 6.07) is 30.6. The van der Waals surface area contributed by atoms with Crippen molar-refractivity contribution in [2.24, 2.45) is 0 Å². The Morgan fingerprint density at radius 1 is 0.516 bits per heavy atom. The van der Waals surface area contributed by atoms with E-state index in [1.807, 2.05) is 49.4 Å². The van der Waals surface area contributed by atoms with Gasteiger partial charge >= 0.3 is 11.9 Å². The Labute approximate surface area is 180 Å². The fraction of sp³-hybridized carbons (Fsp3) is 0.0370. The van der Waals surface area contributed by atoms with Crippen LogP contribution < -0.4 is 9.47 Å². The standard InChI is InChI=1S/C27H20O4/c1-19-7-9-23(10-8-19)27(29)31-25-17-13-21(14-18-25)20-11-15-24(16-12-20)30-26(28)22-5-3-2-4-6-22/h2-18H,1H3. The molecular weight excluding hydrogens is 388 g/mol. The van der Waals surface area contributed by atoms with E-state index in [-0.39, 0.29) is 0 Å². The lowest BCUT2D eigenvalue weighted by molar-refractivity contribution is 0.0725. The fourth-order valence-electron chi connectivity index (χ4n) is 3.03. The van der Waals surface area contributed by atoms with Gasteiger partial charge in [0.1, 0.15) is 11.5 Å². The molecule has 0 amide bonds. The molecule has 0 heterocycles. The van der Waals surface area contributed by atoms with E-state index in [1.54, 1.807) is 60.7 Å². The summed E-state index contributed by atoms with van der Waals surface area (Å²) >= 11 is 0. The molecule has 0 bridgehead atoms. The normalized spacial score (nSPS) is 10.4. The summed E-state index contributed by atoms with van der Waals surface area (Å²) in [6.07, 6.45) is 0. The number of benzene rings is 4. The lowest BCUT2D eigenvalue weighted by atomic mass is 10.1. The number of hydrogen-bond acceptors (Lipinski definition) is 4. The van der Waals surface area contributed by atoms with E-state index in [9.17, 15) is 9.59 Å². The van der Waals surface area contributed by atoms with Crippen molar-refractivity contribution in [1.29, 1.82) is 0 Å². The Balaban J connectivity index is 1.40. The van der Waals surface area contributed by atoms with Crippen molar-refractivity contribution in [3.63, 3.8) is 0 Å². The van der Waals surface area contributed by atoms with Crippen LogP contribution in [-0.2, 0) is 0 Å². The van der Waals surface area contributed by atoms with Gasteiger partial charge in [-0.15, -0.1) is 0 Å². The number of rotatable bonds is 5. The highest BCUT2D eigenvalue weighted by Gasteiger charge is 2.10. The minimum absolute atomic E-state index is 0.391. The van der Waals surface area contributed by atoms with Crippen LogP contribution in [0.5, 0.6) is 11.5 Å². The Morgan fingerprint density at radius 3 is 1.39 bits per heavy atom. The van der Waals surface area contributed by atoms with Gasteiger partial charge in [-0.3, -0.25) is 0 Å². The fourth-order valence-corrected chi connectivity index (χ4v) is 3.03. The molecule has 0 atom stereocenters. The molecule has 0 aliphatic heterocycles. The third kappa shape index (κ3) is 5.06. The average Bonchev–Trinajstić information content (AvgIpc) is 2.81. The molecule has 0 radical (unpaired) electrons. The Bertz CT molecular complexity index is 1180. The van der Waals surface area contributed by atoms with Crippen molar-refractivity contribution in [3.05, 3.63) is 120 Å². The van der Waals surface area contributed by atoms with Gasteiger partial charge in [0.2, 0.25) is 0 Å². The summed E-state index contributed by atoms with van der Waals surface area (Å²) in [7, 11) is 0. The van der Waals surface area contributed by atoms with E-state index in [4.69, 9.17) is 9.47 Å². The van der Waals surface area contributed by atoms with Crippen molar-refractivity contribution >= 4 is 11.9 Å². The summed E-state index contributed by atoms with van der Waals surface area (Å²) in [4.78, 5) is 24.4. The molecule has 0 spiro atoms. The molecule has 0 aromatic heterocycles. The van der Waals surface area contributed by atoms with Crippen molar-refractivity contribution in [2.45, 2.75) is 6.92 Å². The van der Waals surface area contributed by atoms with Crippen molar-refractivity contribution in [2.75, 3.05) is 0 Å². The number of aryl methyl sites for hydroxylation is 1. The molecule has 0 saturated carbocycles. The van der Waals surface area contributed by atoms with Gasteiger partial charge in [0.15, 0.2) is 0 Å². The van der Waals surface area contributed by atoms with Crippen LogP contribution in [0.4, 0.5) is 0 Å². The van der Waals surface area contributed by atoms with E-state index < -0.39 is 11.9 Å². The first kappa shape index (κ1) is 20.1. The zero-order valence-electron chi connectivity index (χ0n) is 16.9. The summed E-state index contributed by atoms with van der Waals surface area (Å²) < 4.78 is 10.8. The molecule has 0 unspecified atom stereocenters. The van der Waals surface area contributed by atoms with Gasteiger partial charge in [0.05, 0.1) is 11.1 Å². The summed E-state index contributed by atoms with van der Waals surface area (Å²) in [5, 5.41) is 0. The molecule has 0 fully saturated rings. The molecule has 4 aromatic rings. The van der Waals surface area contributed by atoms with E-state index in [0.717, 1.165) is 16.7 Å². The SMILES string of the molecule is Cc1ccc(C(=O)Oc2ccc(-c3ccc(OC(=O)c4ccccc4)cc3)cc2)cc1. The summed E-state index contributed by atoms with van der Waals surface area (Å²) in [6.45, 7) is 1.97. The topological polar surface area (TPSA) is 52.6 Å². The van der Waals surface area contributed by atoms with E-state index in [0.29, 0.717) is 22.6 Å².